The lowest BCUT2D eigenvalue weighted by molar-refractivity contribution is -0.137. The minimum atomic E-state index is -0.920. The molecule has 0 bridgehead atoms. The molecule has 0 aliphatic rings. The van der Waals surface area contributed by atoms with Crippen LogP contribution in [0.1, 0.15) is 0 Å². The lowest BCUT2D eigenvalue weighted by Gasteiger charge is -1.93. The number of hydrogen-bond donors (Lipinski definition) is 2. The molecule has 0 unspecified atom stereocenters. The number of aliphatic carboxylic acids is 1. The highest BCUT2D eigenvalue weighted by Crippen LogP contribution is 1.87. The van der Waals surface area contributed by atoms with Crippen molar-refractivity contribution in [3.63, 3.8) is 0 Å². The van der Waals surface area contributed by atoms with E-state index < -0.39 is 5.97 Å². The molecule has 6 heteroatoms. The molecule has 0 saturated carbocycles. The predicted molar refractivity (Wildman–Crippen MR) is 46.1 cm³/mol. The average Bonchev–Trinajstić information content (AvgIpc) is 2.15. The molecule has 4 nitrogen and oxygen atoms in total. The Morgan fingerprint density at radius 1 is 1.82 bits per heavy atom. The first-order chi connectivity index (χ1) is 4.70. The summed E-state index contributed by atoms with van der Waals surface area (Å²) in [5.41, 5.74) is 0. The van der Waals surface area contributed by atoms with Crippen molar-refractivity contribution in [2.75, 3.05) is 0 Å². The number of rotatable bonds is 2. The Kier molecular flexibility index (Phi) is 4.06. The van der Waals surface area contributed by atoms with Crippen LogP contribution in [0.25, 0.3) is 0 Å². The molecule has 0 fully saturated rings. The summed E-state index contributed by atoms with van der Waals surface area (Å²) in [5.74, 6) is -0.920. The third kappa shape index (κ3) is 2.85. The maximum absolute atomic E-state index is 10.1. The van der Waals surface area contributed by atoms with Gasteiger partial charge in [0.15, 0.2) is 4.80 Å². The molecule has 0 atom stereocenters. The zero-order valence-corrected chi connectivity index (χ0v) is 8.01. The van der Waals surface area contributed by atoms with Crippen LogP contribution in [0.3, 0.4) is 0 Å². The van der Waals surface area contributed by atoms with E-state index in [4.69, 9.17) is 10.5 Å². The van der Waals surface area contributed by atoms with Crippen LogP contribution in [0, 0.1) is 5.41 Å². The summed E-state index contributed by atoms with van der Waals surface area (Å²) in [4.78, 5) is 10.4. The molecule has 2 N–H and O–H groups in total. The van der Waals surface area contributed by atoms with E-state index in [1.165, 1.54) is 15.9 Å². The van der Waals surface area contributed by atoms with Gasteiger partial charge >= 0.3 is 5.97 Å². The molecule has 0 radical (unpaired) electrons. The van der Waals surface area contributed by atoms with Gasteiger partial charge in [-0.1, -0.05) is 0 Å². The third-order valence-corrected chi connectivity index (χ3v) is 1.70. The first kappa shape index (κ1) is 10.4. The number of carboxylic acid groups (broad SMARTS) is 1. The number of halogens is 1. The topological polar surface area (TPSA) is 66.1 Å². The highest BCUT2D eigenvalue weighted by Gasteiger charge is 1.98. The standard InChI is InChI=1S/C5H6N2O2S.BrH/c6-5-7(1-2-10-5)3-4(8)9;/h1-2,6H,3H2,(H,8,9);1H. The average molecular weight is 239 g/mol. The molecule has 1 rings (SSSR count). The van der Waals surface area contributed by atoms with Gasteiger partial charge in [0.1, 0.15) is 6.54 Å². The van der Waals surface area contributed by atoms with Crippen molar-refractivity contribution in [1.29, 1.82) is 5.41 Å². The van der Waals surface area contributed by atoms with Gasteiger partial charge in [0.05, 0.1) is 0 Å². The van der Waals surface area contributed by atoms with E-state index >= 15 is 0 Å². The number of nitrogens with one attached hydrogen (secondary N) is 1. The molecule has 0 amide bonds. The van der Waals surface area contributed by atoms with Crippen LogP contribution in [0.5, 0.6) is 0 Å². The maximum Gasteiger partial charge on any atom is 0.323 e. The van der Waals surface area contributed by atoms with Gasteiger partial charge in [0, 0.05) is 11.6 Å². The van der Waals surface area contributed by atoms with Crippen LogP contribution in [0.4, 0.5) is 0 Å². The van der Waals surface area contributed by atoms with Crippen LogP contribution in [-0.2, 0) is 11.3 Å². The zero-order valence-electron chi connectivity index (χ0n) is 5.48. The van der Waals surface area contributed by atoms with Gasteiger partial charge in [-0.25, -0.2) is 0 Å². The second kappa shape index (κ2) is 4.30. The SMILES string of the molecule is Br.N=c1sccn1CC(=O)O. The van der Waals surface area contributed by atoms with Gasteiger partial charge in [-0.3, -0.25) is 10.2 Å². The van der Waals surface area contributed by atoms with Crippen LogP contribution < -0.4 is 4.80 Å². The Bertz CT molecular complexity index is 293. The first-order valence-electron chi connectivity index (χ1n) is 2.60. The van der Waals surface area contributed by atoms with E-state index in [0.717, 1.165) is 0 Å². The molecule has 0 saturated heterocycles. The molecule has 1 heterocycles. The molecule has 0 aliphatic carbocycles. The fraction of sp³-hybridized carbons (Fsp3) is 0.200. The minimum Gasteiger partial charge on any atom is -0.480 e. The summed E-state index contributed by atoms with van der Waals surface area (Å²) >= 11 is 1.21. The Labute approximate surface area is 77.4 Å². The normalized spacial score (nSPS) is 8.73. The fourth-order valence-corrected chi connectivity index (χ4v) is 1.17. The summed E-state index contributed by atoms with van der Waals surface area (Å²) in [6.45, 7) is -0.123. The van der Waals surface area contributed by atoms with Crippen molar-refractivity contribution < 1.29 is 9.90 Å². The number of carbonyl (C=O) groups is 1. The van der Waals surface area contributed by atoms with Crippen LogP contribution in [0.15, 0.2) is 11.6 Å². The van der Waals surface area contributed by atoms with E-state index in [0.29, 0.717) is 0 Å². The molecule has 62 valence electrons. The van der Waals surface area contributed by atoms with E-state index in [-0.39, 0.29) is 28.3 Å². The minimum absolute atomic E-state index is 0. The summed E-state index contributed by atoms with van der Waals surface area (Å²) in [6.07, 6.45) is 1.58. The van der Waals surface area contributed by atoms with Gasteiger partial charge in [-0.2, -0.15) is 0 Å². The highest BCUT2D eigenvalue weighted by atomic mass is 79.9. The predicted octanol–water partition coefficient (Wildman–Crippen LogP) is 0.692. The lowest BCUT2D eigenvalue weighted by atomic mass is 10.6. The second-order valence-electron chi connectivity index (χ2n) is 1.73. The molecule has 0 aromatic carbocycles. The van der Waals surface area contributed by atoms with Gasteiger partial charge in [-0.15, -0.1) is 28.3 Å². The van der Waals surface area contributed by atoms with Crippen molar-refractivity contribution in [3.8, 4) is 0 Å². The van der Waals surface area contributed by atoms with Crippen LogP contribution in [-0.4, -0.2) is 15.6 Å². The number of carboxylic acids is 1. The Balaban J connectivity index is 0.000001000. The Hall–Kier alpha value is -0.620. The van der Waals surface area contributed by atoms with Crippen molar-refractivity contribution in [3.05, 3.63) is 16.4 Å². The van der Waals surface area contributed by atoms with Gasteiger partial charge in [0.2, 0.25) is 0 Å². The highest BCUT2D eigenvalue weighted by molar-refractivity contribution is 8.93. The summed E-state index contributed by atoms with van der Waals surface area (Å²) in [5, 5.41) is 17.2. The smallest absolute Gasteiger partial charge is 0.323 e. The molecule has 0 aliphatic heterocycles. The van der Waals surface area contributed by atoms with Crippen molar-refractivity contribution in [2.24, 2.45) is 0 Å². The second-order valence-corrected chi connectivity index (χ2v) is 2.62. The van der Waals surface area contributed by atoms with Gasteiger partial charge in [0.25, 0.3) is 0 Å². The van der Waals surface area contributed by atoms with Crippen molar-refractivity contribution >= 4 is 34.3 Å². The third-order valence-electron chi connectivity index (χ3n) is 0.987. The van der Waals surface area contributed by atoms with Crippen molar-refractivity contribution in [2.45, 2.75) is 6.54 Å². The van der Waals surface area contributed by atoms with Crippen LogP contribution in [0.2, 0.25) is 0 Å². The fourth-order valence-electron chi connectivity index (χ4n) is 0.574. The van der Waals surface area contributed by atoms with E-state index in [1.807, 2.05) is 0 Å². The molecule has 1 aromatic rings. The largest absolute Gasteiger partial charge is 0.480 e. The molecular weight excluding hydrogens is 232 g/mol. The maximum atomic E-state index is 10.1. The Morgan fingerprint density at radius 2 is 2.45 bits per heavy atom. The van der Waals surface area contributed by atoms with Gasteiger partial charge < -0.3 is 9.67 Å². The number of aromatic nitrogens is 1. The molecule has 0 spiro atoms. The van der Waals surface area contributed by atoms with E-state index in [9.17, 15) is 4.79 Å². The summed E-state index contributed by atoms with van der Waals surface area (Å²) < 4.78 is 1.37. The van der Waals surface area contributed by atoms with E-state index in [1.54, 1.807) is 11.6 Å². The molecule has 1 aromatic heterocycles. The van der Waals surface area contributed by atoms with Crippen LogP contribution >= 0.6 is 28.3 Å². The lowest BCUT2D eigenvalue weighted by Crippen LogP contribution is -2.17. The quantitative estimate of drug-likeness (QED) is 0.797. The molecular formula is C5H7BrN2O2S. The summed E-state index contributed by atoms with van der Waals surface area (Å²) in [7, 11) is 0. The number of hydrogen-bond acceptors (Lipinski definition) is 3. The van der Waals surface area contributed by atoms with E-state index in [2.05, 4.69) is 0 Å². The first-order valence-corrected chi connectivity index (χ1v) is 3.48. The summed E-state index contributed by atoms with van der Waals surface area (Å²) in [6, 6.07) is 0. The monoisotopic (exact) mass is 238 g/mol. The Morgan fingerprint density at radius 3 is 2.82 bits per heavy atom. The van der Waals surface area contributed by atoms with Gasteiger partial charge in [-0.05, 0) is 0 Å². The number of nitrogens with zero attached hydrogens (tertiary/aromatic N) is 1. The zero-order chi connectivity index (χ0) is 7.56. The molecule has 11 heavy (non-hydrogen) atoms. The number of thiazole rings is 1. The van der Waals surface area contributed by atoms with Crippen molar-refractivity contribution in [1.82, 2.24) is 4.57 Å².